The van der Waals surface area contributed by atoms with Gasteiger partial charge in [-0.15, -0.1) is 0 Å². The molecule has 1 rings (SSSR count). The first-order valence-electron chi connectivity index (χ1n) is 4.60. The second-order valence-corrected chi connectivity index (χ2v) is 11.5. The van der Waals surface area contributed by atoms with Crippen molar-refractivity contribution in [3.05, 3.63) is 30.3 Å². The Hall–Kier alpha value is -0.613. The molecule has 0 saturated carbocycles. The Morgan fingerprint density at radius 3 is 2.07 bits per heavy atom. The third-order valence-corrected chi connectivity index (χ3v) is 6.36. The lowest BCUT2D eigenvalue weighted by Crippen LogP contribution is -2.19. The first-order valence-corrected chi connectivity index (χ1v) is 9.97. The SMILES string of the molecule is C[Si](C)(C)N=S(C)(=O)c1ccccc1. The molecule has 1 atom stereocenters. The van der Waals surface area contributed by atoms with Gasteiger partial charge in [0.05, 0.1) is 9.73 Å². The van der Waals surface area contributed by atoms with Gasteiger partial charge in [0.25, 0.3) is 0 Å². The molecular weight excluding hydrogens is 210 g/mol. The predicted octanol–water partition coefficient (Wildman–Crippen LogP) is 2.98. The maximum atomic E-state index is 12.3. The van der Waals surface area contributed by atoms with Crippen molar-refractivity contribution in [3.63, 3.8) is 0 Å². The highest BCUT2D eigenvalue weighted by Gasteiger charge is 2.15. The van der Waals surface area contributed by atoms with E-state index >= 15 is 0 Å². The van der Waals surface area contributed by atoms with Crippen molar-refractivity contribution in [1.82, 2.24) is 0 Å². The minimum atomic E-state index is -2.18. The first kappa shape index (κ1) is 11.5. The smallest absolute Gasteiger partial charge is 0.185 e. The molecule has 1 aromatic carbocycles. The second-order valence-electron chi connectivity index (χ2n) is 4.38. The molecule has 2 nitrogen and oxygen atoms in total. The quantitative estimate of drug-likeness (QED) is 0.714. The fourth-order valence-electron chi connectivity index (χ4n) is 1.25. The van der Waals surface area contributed by atoms with E-state index in [4.69, 9.17) is 0 Å². The van der Waals surface area contributed by atoms with E-state index in [-0.39, 0.29) is 0 Å². The first-order chi connectivity index (χ1) is 6.31. The van der Waals surface area contributed by atoms with Crippen LogP contribution in [0.1, 0.15) is 0 Å². The molecule has 0 aromatic heterocycles. The summed E-state index contributed by atoms with van der Waals surface area (Å²) in [6.45, 7) is 6.29. The minimum Gasteiger partial charge on any atom is -0.274 e. The van der Waals surface area contributed by atoms with E-state index in [9.17, 15) is 4.21 Å². The average molecular weight is 227 g/mol. The van der Waals surface area contributed by atoms with Gasteiger partial charge in [0.15, 0.2) is 8.24 Å². The third kappa shape index (κ3) is 3.27. The molecule has 0 radical (unpaired) electrons. The van der Waals surface area contributed by atoms with E-state index in [1.165, 1.54) is 0 Å². The van der Waals surface area contributed by atoms with Crippen molar-refractivity contribution < 1.29 is 4.21 Å². The lowest BCUT2D eigenvalue weighted by Gasteiger charge is -2.12. The van der Waals surface area contributed by atoms with Crippen molar-refractivity contribution in [2.24, 2.45) is 4.03 Å². The van der Waals surface area contributed by atoms with Gasteiger partial charge in [-0.05, 0) is 31.8 Å². The zero-order valence-electron chi connectivity index (χ0n) is 9.15. The lowest BCUT2D eigenvalue weighted by molar-refractivity contribution is 0.681. The number of hydrogen-bond acceptors (Lipinski definition) is 2. The summed E-state index contributed by atoms with van der Waals surface area (Å²) in [4.78, 5) is 0.836. The Kier molecular flexibility index (Phi) is 3.16. The van der Waals surface area contributed by atoms with Crippen LogP contribution in [0.3, 0.4) is 0 Å². The molecule has 4 heteroatoms. The van der Waals surface area contributed by atoms with Crippen molar-refractivity contribution in [2.75, 3.05) is 6.26 Å². The topological polar surface area (TPSA) is 29.4 Å². The summed E-state index contributed by atoms with van der Waals surface area (Å²) in [5.41, 5.74) is 0. The van der Waals surface area contributed by atoms with E-state index < -0.39 is 18.0 Å². The maximum absolute atomic E-state index is 12.3. The van der Waals surface area contributed by atoms with Gasteiger partial charge in [-0.3, -0.25) is 4.03 Å². The Balaban J connectivity index is 3.23. The summed E-state index contributed by atoms with van der Waals surface area (Å²) in [6, 6.07) is 9.49. The Morgan fingerprint density at radius 1 is 1.14 bits per heavy atom. The van der Waals surface area contributed by atoms with E-state index in [2.05, 4.69) is 23.7 Å². The monoisotopic (exact) mass is 227 g/mol. The van der Waals surface area contributed by atoms with Crippen LogP contribution < -0.4 is 0 Å². The zero-order chi connectivity index (χ0) is 10.8. The summed E-state index contributed by atoms with van der Waals surface area (Å²) >= 11 is 0. The van der Waals surface area contributed by atoms with Gasteiger partial charge in [0.2, 0.25) is 0 Å². The van der Waals surface area contributed by atoms with Crippen molar-refractivity contribution >= 4 is 18.0 Å². The standard InChI is InChI=1S/C10H17NOSSi/c1-13(12,11-14(2,3)4)10-8-6-5-7-9-10/h5-9H,1-4H3. The predicted molar refractivity (Wildman–Crippen MR) is 64.5 cm³/mol. The summed E-state index contributed by atoms with van der Waals surface area (Å²) < 4.78 is 16.7. The van der Waals surface area contributed by atoms with Gasteiger partial charge in [-0.2, -0.15) is 0 Å². The summed E-state index contributed by atoms with van der Waals surface area (Å²) in [5, 5.41) is 0. The largest absolute Gasteiger partial charge is 0.274 e. The molecule has 0 aliphatic carbocycles. The fourth-order valence-corrected chi connectivity index (χ4v) is 6.51. The van der Waals surface area contributed by atoms with Gasteiger partial charge < -0.3 is 0 Å². The Morgan fingerprint density at radius 2 is 1.64 bits per heavy atom. The molecule has 0 spiro atoms. The molecule has 1 unspecified atom stereocenters. The minimum absolute atomic E-state index is 0.836. The highest BCUT2D eigenvalue weighted by atomic mass is 32.2. The summed E-state index contributed by atoms with van der Waals surface area (Å²) in [6.07, 6.45) is 1.72. The van der Waals surface area contributed by atoms with Crippen LogP contribution in [0.15, 0.2) is 39.3 Å². The van der Waals surface area contributed by atoms with Crippen molar-refractivity contribution in [1.29, 1.82) is 0 Å². The zero-order valence-corrected chi connectivity index (χ0v) is 11.0. The van der Waals surface area contributed by atoms with E-state index in [0.29, 0.717) is 0 Å². The molecule has 0 amide bonds. The molecular formula is C10H17NOSSi. The van der Waals surface area contributed by atoms with Crippen molar-refractivity contribution in [3.8, 4) is 0 Å². The highest BCUT2D eigenvalue weighted by molar-refractivity contribution is 7.93. The summed E-state index contributed by atoms with van der Waals surface area (Å²) in [5.74, 6) is 0. The van der Waals surface area contributed by atoms with Crippen LogP contribution in [0.5, 0.6) is 0 Å². The van der Waals surface area contributed by atoms with Gasteiger partial charge in [-0.25, -0.2) is 4.21 Å². The maximum Gasteiger partial charge on any atom is 0.185 e. The van der Waals surface area contributed by atoms with Crippen LogP contribution >= 0.6 is 0 Å². The number of nitrogens with zero attached hydrogens (tertiary/aromatic N) is 1. The molecule has 78 valence electrons. The van der Waals surface area contributed by atoms with Crippen LogP contribution in [-0.4, -0.2) is 18.7 Å². The number of hydrogen-bond donors (Lipinski definition) is 0. The Labute approximate surface area is 87.6 Å². The average Bonchev–Trinajstić information content (AvgIpc) is 2.01. The van der Waals surface area contributed by atoms with Crippen LogP contribution in [0.2, 0.25) is 19.6 Å². The molecule has 14 heavy (non-hydrogen) atoms. The van der Waals surface area contributed by atoms with Gasteiger partial charge in [-0.1, -0.05) is 18.2 Å². The van der Waals surface area contributed by atoms with Crippen LogP contribution in [-0.2, 0) is 9.73 Å². The van der Waals surface area contributed by atoms with Crippen molar-refractivity contribution in [2.45, 2.75) is 24.5 Å². The van der Waals surface area contributed by atoms with E-state index in [1.807, 2.05) is 30.3 Å². The number of benzene rings is 1. The second kappa shape index (κ2) is 3.86. The molecule has 0 heterocycles. The molecule has 0 N–H and O–H groups in total. The molecule has 0 aliphatic rings. The highest BCUT2D eigenvalue weighted by Crippen LogP contribution is 2.15. The van der Waals surface area contributed by atoms with Gasteiger partial charge in [0.1, 0.15) is 0 Å². The molecule has 1 aromatic rings. The van der Waals surface area contributed by atoms with Crippen LogP contribution in [0.25, 0.3) is 0 Å². The fraction of sp³-hybridized carbons (Fsp3) is 0.400. The Bertz CT molecular complexity index is 413. The van der Waals surface area contributed by atoms with E-state index in [1.54, 1.807) is 6.26 Å². The number of rotatable bonds is 2. The van der Waals surface area contributed by atoms with Gasteiger partial charge >= 0.3 is 0 Å². The summed E-state index contributed by atoms with van der Waals surface area (Å²) in [7, 11) is -3.81. The van der Waals surface area contributed by atoms with Gasteiger partial charge in [0, 0.05) is 11.2 Å². The lowest BCUT2D eigenvalue weighted by atomic mass is 10.4. The van der Waals surface area contributed by atoms with E-state index in [0.717, 1.165) is 4.90 Å². The molecule has 0 fully saturated rings. The molecule has 0 saturated heterocycles. The molecule has 0 aliphatic heterocycles. The third-order valence-electron chi connectivity index (χ3n) is 1.63. The normalized spacial score (nSPS) is 16.0. The van der Waals surface area contributed by atoms with Crippen LogP contribution in [0.4, 0.5) is 0 Å². The molecule has 0 bridgehead atoms. The van der Waals surface area contributed by atoms with Crippen LogP contribution in [0, 0.1) is 0 Å².